The topological polar surface area (TPSA) is 65.1 Å². The fraction of sp³-hybridized carbons (Fsp3) is 0.522. The third-order valence-electron chi connectivity index (χ3n) is 6.03. The average Bonchev–Trinajstić information content (AvgIpc) is 3.40. The number of Topliss-reactive ketones (excluding diaryl/α,β-unsaturated/α-hetero) is 1. The number of hydrogen-bond donors (Lipinski definition) is 1. The number of likely N-dealkylation sites (N-methyl/N-ethyl adjacent to an activating group) is 1. The van der Waals surface area contributed by atoms with Gasteiger partial charge in [0.1, 0.15) is 5.65 Å². The number of aromatic nitrogens is 3. The molecule has 0 saturated carbocycles. The second-order valence-corrected chi connectivity index (χ2v) is 9.36. The maximum absolute atomic E-state index is 13.1. The molecule has 3 aromatic heterocycles. The van der Waals surface area contributed by atoms with Crippen molar-refractivity contribution in [1.82, 2.24) is 19.9 Å². The number of thiazole rings is 1. The molecule has 1 atom stereocenters. The number of carbonyl (C=O) groups is 1. The molecule has 0 amide bonds. The van der Waals surface area contributed by atoms with Crippen LogP contribution in [0.3, 0.4) is 0 Å². The summed E-state index contributed by atoms with van der Waals surface area (Å²) in [4.78, 5) is 30.7. The summed E-state index contributed by atoms with van der Waals surface area (Å²) in [6, 6.07) is 4.08. The summed E-state index contributed by atoms with van der Waals surface area (Å²) in [5.74, 6) is 0.567. The Morgan fingerprint density at radius 2 is 2.10 bits per heavy atom. The van der Waals surface area contributed by atoms with Gasteiger partial charge >= 0.3 is 0 Å². The van der Waals surface area contributed by atoms with Gasteiger partial charge in [-0.3, -0.25) is 4.79 Å². The van der Waals surface area contributed by atoms with Gasteiger partial charge in [0.15, 0.2) is 10.9 Å². The molecular weight excluding hydrogens is 394 g/mol. The molecule has 0 radical (unpaired) electrons. The number of anilines is 1. The first-order chi connectivity index (χ1) is 14.6. The Bertz CT molecular complexity index is 973. The second kappa shape index (κ2) is 9.71. The molecule has 4 heterocycles. The van der Waals surface area contributed by atoms with Crippen LogP contribution in [0.15, 0.2) is 30.7 Å². The van der Waals surface area contributed by atoms with Crippen molar-refractivity contribution in [3.63, 3.8) is 0 Å². The van der Waals surface area contributed by atoms with E-state index >= 15 is 0 Å². The summed E-state index contributed by atoms with van der Waals surface area (Å²) in [5, 5.41) is 2.15. The molecule has 4 rings (SSSR count). The van der Waals surface area contributed by atoms with Gasteiger partial charge in [0.2, 0.25) is 0 Å². The summed E-state index contributed by atoms with van der Waals surface area (Å²) >= 11 is 1.56. The fourth-order valence-electron chi connectivity index (χ4n) is 4.16. The highest BCUT2D eigenvalue weighted by molar-refractivity contribution is 7.17. The van der Waals surface area contributed by atoms with Crippen LogP contribution in [0.2, 0.25) is 0 Å². The number of rotatable bonds is 9. The van der Waals surface area contributed by atoms with E-state index in [1.165, 1.54) is 10.9 Å². The maximum Gasteiger partial charge on any atom is 0.186 e. The fourth-order valence-corrected chi connectivity index (χ4v) is 5.08. The van der Waals surface area contributed by atoms with Crippen molar-refractivity contribution in [2.24, 2.45) is 5.92 Å². The van der Waals surface area contributed by atoms with Crippen LogP contribution in [-0.4, -0.2) is 58.9 Å². The Kier molecular flexibility index (Phi) is 6.79. The number of pyridine rings is 1. The number of aromatic amines is 1. The van der Waals surface area contributed by atoms with Crippen molar-refractivity contribution in [2.45, 2.75) is 39.0 Å². The Hall–Kier alpha value is -2.25. The van der Waals surface area contributed by atoms with Crippen LogP contribution in [0.5, 0.6) is 0 Å². The van der Waals surface area contributed by atoms with E-state index in [2.05, 4.69) is 51.0 Å². The van der Waals surface area contributed by atoms with E-state index in [-0.39, 0.29) is 5.78 Å². The zero-order chi connectivity index (χ0) is 20.9. The highest BCUT2D eigenvalue weighted by Crippen LogP contribution is 2.29. The van der Waals surface area contributed by atoms with E-state index in [9.17, 15) is 4.79 Å². The molecular formula is C23H31N5OS. The molecule has 0 spiro atoms. The number of nitrogens with one attached hydrogen (secondary N) is 1. The first-order valence-electron chi connectivity index (χ1n) is 11.0. The lowest BCUT2D eigenvalue weighted by Crippen LogP contribution is -2.44. The quantitative estimate of drug-likeness (QED) is 0.515. The van der Waals surface area contributed by atoms with Crippen LogP contribution in [0.4, 0.5) is 5.13 Å². The van der Waals surface area contributed by atoms with Crippen LogP contribution in [0.1, 0.15) is 47.8 Å². The predicted octanol–water partition coefficient (Wildman–Crippen LogP) is 4.39. The van der Waals surface area contributed by atoms with E-state index in [0.717, 1.165) is 67.5 Å². The van der Waals surface area contributed by atoms with Gasteiger partial charge in [0.25, 0.3) is 0 Å². The zero-order valence-electron chi connectivity index (χ0n) is 17.9. The number of carbonyl (C=O) groups excluding carboxylic acids is 1. The molecule has 1 N–H and O–H groups in total. The molecule has 30 heavy (non-hydrogen) atoms. The van der Waals surface area contributed by atoms with Crippen molar-refractivity contribution in [1.29, 1.82) is 0 Å². The standard InChI is InChI=1S/C23H31N5OS/c1-3-4-6-17(13-18-15-25-22-19(18)7-5-8-24-22)14-20(29)21-16-26-23(30-21)28-11-9-27(2)10-12-28/h5,7-8,15-17H,3-4,6,9-14H2,1-2H3,(H,24,25). The molecule has 1 fully saturated rings. The third-order valence-corrected chi connectivity index (χ3v) is 7.13. The van der Waals surface area contributed by atoms with Crippen molar-refractivity contribution in [3.05, 3.63) is 41.2 Å². The van der Waals surface area contributed by atoms with Crippen molar-refractivity contribution < 1.29 is 4.79 Å². The van der Waals surface area contributed by atoms with Gasteiger partial charge in [0.05, 0.1) is 11.1 Å². The summed E-state index contributed by atoms with van der Waals surface area (Å²) in [6.45, 7) is 6.25. The van der Waals surface area contributed by atoms with E-state index in [1.54, 1.807) is 17.5 Å². The summed E-state index contributed by atoms with van der Waals surface area (Å²) in [7, 11) is 2.15. The van der Waals surface area contributed by atoms with Crippen LogP contribution in [0, 0.1) is 5.92 Å². The minimum atomic E-state index is 0.229. The molecule has 1 aliphatic rings. The molecule has 1 unspecified atom stereocenters. The van der Waals surface area contributed by atoms with Crippen LogP contribution < -0.4 is 4.90 Å². The molecule has 0 aliphatic carbocycles. The molecule has 7 heteroatoms. The molecule has 3 aromatic rings. The van der Waals surface area contributed by atoms with Crippen LogP contribution >= 0.6 is 11.3 Å². The average molecular weight is 426 g/mol. The lowest BCUT2D eigenvalue weighted by molar-refractivity contribution is 0.0962. The van der Waals surface area contributed by atoms with Crippen molar-refractivity contribution >= 4 is 33.3 Å². The minimum absolute atomic E-state index is 0.229. The number of piperazine rings is 1. The molecule has 0 bridgehead atoms. The number of unbranched alkanes of at least 4 members (excludes halogenated alkanes) is 1. The minimum Gasteiger partial charge on any atom is -0.346 e. The van der Waals surface area contributed by atoms with Crippen molar-refractivity contribution in [2.75, 3.05) is 38.1 Å². The van der Waals surface area contributed by atoms with E-state index in [0.29, 0.717) is 12.3 Å². The SMILES string of the molecule is CCCCC(CC(=O)c1cnc(N2CCN(C)CC2)s1)Cc1c[nH]c2ncccc12. The highest BCUT2D eigenvalue weighted by atomic mass is 32.1. The van der Waals surface area contributed by atoms with Crippen molar-refractivity contribution in [3.8, 4) is 0 Å². The maximum atomic E-state index is 13.1. The molecule has 160 valence electrons. The number of fused-ring (bicyclic) bond motifs is 1. The van der Waals surface area contributed by atoms with E-state index in [4.69, 9.17) is 0 Å². The largest absolute Gasteiger partial charge is 0.346 e. The lowest BCUT2D eigenvalue weighted by atomic mass is 9.89. The molecule has 1 aliphatic heterocycles. The first-order valence-corrected chi connectivity index (χ1v) is 11.8. The Morgan fingerprint density at radius 1 is 1.27 bits per heavy atom. The van der Waals surface area contributed by atoms with E-state index in [1.807, 2.05) is 12.3 Å². The van der Waals surface area contributed by atoms with Gasteiger partial charge in [-0.1, -0.05) is 31.1 Å². The monoisotopic (exact) mass is 425 g/mol. The number of ketones is 1. The number of H-pyrrole nitrogens is 1. The van der Waals surface area contributed by atoms with Gasteiger partial charge in [-0.2, -0.15) is 0 Å². The van der Waals surface area contributed by atoms with Gasteiger partial charge in [0, 0.05) is 50.4 Å². The Morgan fingerprint density at radius 3 is 2.90 bits per heavy atom. The van der Waals surface area contributed by atoms with Gasteiger partial charge in [-0.15, -0.1) is 0 Å². The van der Waals surface area contributed by atoms with Crippen LogP contribution in [-0.2, 0) is 6.42 Å². The summed E-state index contributed by atoms with van der Waals surface area (Å²) < 4.78 is 0. The van der Waals surface area contributed by atoms with Gasteiger partial charge in [-0.25, -0.2) is 9.97 Å². The first kappa shape index (κ1) is 21.0. The zero-order valence-corrected chi connectivity index (χ0v) is 18.7. The normalized spacial score (nSPS) is 16.3. The second-order valence-electron chi connectivity index (χ2n) is 8.35. The number of nitrogens with zero attached hydrogens (tertiary/aromatic N) is 4. The lowest BCUT2D eigenvalue weighted by Gasteiger charge is -2.32. The highest BCUT2D eigenvalue weighted by Gasteiger charge is 2.22. The number of hydrogen-bond acceptors (Lipinski definition) is 6. The molecule has 6 nitrogen and oxygen atoms in total. The molecule has 0 aromatic carbocycles. The van der Waals surface area contributed by atoms with E-state index < -0.39 is 0 Å². The predicted molar refractivity (Wildman–Crippen MR) is 124 cm³/mol. The summed E-state index contributed by atoms with van der Waals surface area (Å²) in [6.07, 6.45) is 10.5. The Labute approximate surface area is 182 Å². The summed E-state index contributed by atoms with van der Waals surface area (Å²) in [5.41, 5.74) is 2.18. The van der Waals surface area contributed by atoms with Gasteiger partial charge in [-0.05, 0) is 43.5 Å². The van der Waals surface area contributed by atoms with Crippen LogP contribution in [0.25, 0.3) is 11.0 Å². The molecule has 1 saturated heterocycles. The van der Waals surface area contributed by atoms with Gasteiger partial charge < -0.3 is 14.8 Å². The smallest absolute Gasteiger partial charge is 0.186 e. The third kappa shape index (κ3) is 4.90. The Balaban J connectivity index is 1.43.